The molecule has 3 aliphatic rings. The van der Waals surface area contributed by atoms with E-state index in [9.17, 15) is 18.0 Å². The average Bonchev–Trinajstić information content (AvgIpc) is 3.56. The fourth-order valence-corrected chi connectivity index (χ4v) is 7.48. The first-order valence-electron chi connectivity index (χ1n) is 13.1. The van der Waals surface area contributed by atoms with Crippen LogP contribution in [0.2, 0.25) is 0 Å². The van der Waals surface area contributed by atoms with Crippen molar-refractivity contribution in [1.29, 1.82) is 0 Å². The molecule has 2 aromatic carbocycles. The van der Waals surface area contributed by atoms with Gasteiger partial charge in [-0.1, -0.05) is 29.8 Å². The summed E-state index contributed by atoms with van der Waals surface area (Å²) < 4.78 is 28.0. The fourth-order valence-electron chi connectivity index (χ4n) is 5.92. The molecular weight excluding hydrogens is 504 g/mol. The Morgan fingerprint density at radius 2 is 1.61 bits per heavy atom. The van der Waals surface area contributed by atoms with E-state index in [1.807, 2.05) is 52.0 Å². The van der Waals surface area contributed by atoms with Gasteiger partial charge in [0.2, 0.25) is 16.0 Å². The smallest absolute Gasteiger partial charge is 0.320 e. The minimum absolute atomic E-state index is 0.00123. The topological polar surface area (TPSA) is 110 Å². The number of nitrogens with one attached hydrogen (secondary N) is 1. The molecule has 3 aliphatic heterocycles. The van der Waals surface area contributed by atoms with E-state index in [1.54, 1.807) is 22.5 Å². The van der Waals surface area contributed by atoms with E-state index < -0.39 is 10.0 Å². The number of amides is 2. The van der Waals surface area contributed by atoms with Crippen LogP contribution in [0.3, 0.4) is 0 Å². The van der Waals surface area contributed by atoms with Crippen LogP contribution in [0, 0.1) is 12.3 Å². The molecule has 2 amide bonds. The lowest BCUT2D eigenvalue weighted by molar-refractivity contribution is 0.153. The molecule has 1 atom stereocenters. The molecule has 0 saturated carbocycles. The van der Waals surface area contributed by atoms with Crippen LogP contribution in [-0.4, -0.2) is 90.9 Å². The average molecular weight is 537 g/mol. The van der Waals surface area contributed by atoms with Crippen LogP contribution in [0.1, 0.15) is 18.4 Å². The van der Waals surface area contributed by atoms with Gasteiger partial charge in [0, 0.05) is 57.8 Å². The van der Waals surface area contributed by atoms with Crippen molar-refractivity contribution < 1.29 is 13.2 Å². The Morgan fingerprint density at radius 3 is 2.37 bits per heavy atom. The highest BCUT2D eigenvalue weighted by Crippen LogP contribution is 2.41. The summed E-state index contributed by atoms with van der Waals surface area (Å²) in [5.74, 6) is 0.529. The van der Waals surface area contributed by atoms with Gasteiger partial charge in [0.05, 0.1) is 15.8 Å². The van der Waals surface area contributed by atoms with Crippen molar-refractivity contribution >= 4 is 32.9 Å². The van der Waals surface area contributed by atoms with E-state index in [0.29, 0.717) is 74.1 Å². The van der Waals surface area contributed by atoms with Crippen LogP contribution in [0.25, 0.3) is 10.9 Å². The number of fused-ring (bicyclic) bond motifs is 1. The number of urea groups is 1. The number of aromatic nitrogens is 2. The normalized spacial score (nSPS) is 22.6. The molecule has 3 saturated heterocycles. The minimum atomic E-state index is -3.54. The quantitative estimate of drug-likeness (QED) is 0.550. The van der Waals surface area contributed by atoms with Gasteiger partial charge in [-0.15, -0.1) is 0 Å². The number of aromatic amines is 1. The number of carbonyl (C=O) groups is 1. The van der Waals surface area contributed by atoms with Crippen LogP contribution >= 0.6 is 0 Å². The number of para-hydroxylation sites is 1. The minimum Gasteiger partial charge on any atom is -0.339 e. The van der Waals surface area contributed by atoms with E-state index in [-0.39, 0.29) is 17.0 Å². The summed E-state index contributed by atoms with van der Waals surface area (Å²) in [6.07, 6.45) is 1.57. The molecule has 1 aromatic heterocycles. The van der Waals surface area contributed by atoms with Gasteiger partial charge in [-0.05, 0) is 44.0 Å². The lowest BCUT2D eigenvalue weighted by atomic mass is 9.87. The van der Waals surface area contributed by atoms with Crippen LogP contribution in [-0.2, 0) is 10.0 Å². The van der Waals surface area contributed by atoms with Gasteiger partial charge in [-0.25, -0.2) is 18.2 Å². The predicted octanol–water partition coefficient (Wildman–Crippen LogP) is 2.26. The third-order valence-corrected chi connectivity index (χ3v) is 10.1. The number of sulfonamides is 1. The maximum Gasteiger partial charge on any atom is 0.320 e. The number of nitrogens with zero attached hydrogens (tertiary/aromatic N) is 5. The van der Waals surface area contributed by atoms with Crippen molar-refractivity contribution in [3.05, 3.63) is 64.4 Å². The fraction of sp³-hybridized carbons (Fsp3) is 0.444. The largest absolute Gasteiger partial charge is 0.339 e. The van der Waals surface area contributed by atoms with E-state index in [4.69, 9.17) is 0 Å². The SMILES string of the molecule is Cc1ccc(S(=O)(=O)N2CCC3(CCN(C(=O)N4CCN(c5nc6ccccc6c(=O)[nH]5)CC4)C3)C2)cc1. The van der Waals surface area contributed by atoms with Crippen LogP contribution in [0.5, 0.6) is 0 Å². The molecule has 6 rings (SSSR count). The number of likely N-dealkylation sites (tertiary alicyclic amines) is 1. The van der Waals surface area contributed by atoms with Gasteiger partial charge in [0.1, 0.15) is 0 Å². The number of aryl methyl sites for hydroxylation is 1. The van der Waals surface area contributed by atoms with E-state index >= 15 is 0 Å². The molecule has 1 spiro atoms. The van der Waals surface area contributed by atoms with Gasteiger partial charge < -0.3 is 14.7 Å². The van der Waals surface area contributed by atoms with Crippen LogP contribution in [0.15, 0.2) is 58.2 Å². The van der Waals surface area contributed by atoms with Gasteiger partial charge in [-0.3, -0.25) is 9.78 Å². The van der Waals surface area contributed by atoms with E-state index in [0.717, 1.165) is 18.4 Å². The zero-order valence-corrected chi connectivity index (χ0v) is 22.3. The number of carbonyl (C=O) groups excluding carboxylic acids is 1. The lowest BCUT2D eigenvalue weighted by Gasteiger charge is -2.37. The Morgan fingerprint density at radius 1 is 0.895 bits per heavy atom. The number of anilines is 1. The zero-order valence-electron chi connectivity index (χ0n) is 21.5. The third kappa shape index (κ3) is 4.43. The maximum atomic E-state index is 13.4. The summed E-state index contributed by atoms with van der Waals surface area (Å²) in [7, 11) is -3.54. The standard InChI is InChI=1S/C27H32N6O4S/c1-20-6-8-21(9-7-20)38(36,37)33-13-11-27(19-33)10-12-32(18-27)26(35)31-16-14-30(15-17-31)25-28-23-5-3-2-4-22(23)24(34)29-25/h2-9H,10-19H2,1H3,(H,28,29,34). The number of hydrogen-bond donors (Lipinski definition) is 1. The summed E-state index contributed by atoms with van der Waals surface area (Å²) in [6, 6.07) is 14.2. The van der Waals surface area contributed by atoms with Crippen molar-refractivity contribution in [2.45, 2.75) is 24.7 Å². The highest BCUT2D eigenvalue weighted by Gasteiger charge is 2.48. The first-order valence-corrected chi connectivity index (χ1v) is 14.5. The molecule has 11 heteroatoms. The monoisotopic (exact) mass is 536 g/mol. The van der Waals surface area contributed by atoms with Gasteiger partial charge in [0.25, 0.3) is 5.56 Å². The highest BCUT2D eigenvalue weighted by atomic mass is 32.2. The van der Waals surface area contributed by atoms with Crippen molar-refractivity contribution in [2.24, 2.45) is 5.41 Å². The molecule has 0 aliphatic carbocycles. The summed E-state index contributed by atoms with van der Waals surface area (Å²) in [6.45, 7) is 6.30. The number of rotatable bonds is 3. The van der Waals surface area contributed by atoms with E-state index in [2.05, 4.69) is 9.97 Å². The van der Waals surface area contributed by atoms with Crippen molar-refractivity contribution in [3.8, 4) is 0 Å². The molecule has 1 N–H and O–H groups in total. The first kappa shape index (κ1) is 24.9. The molecule has 0 bridgehead atoms. The summed E-state index contributed by atoms with van der Waals surface area (Å²) in [5.41, 5.74) is 1.32. The molecule has 4 heterocycles. The summed E-state index contributed by atoms with van der Waals surface area (Å²) >= 11 is 0. The Hall–Kier alpha value is -3.44. The molecule has 3 aromatic rings. The third-order valence-electron chi connectivity index (χ3n) is 8.22. The Balaban J connectivity index is 1.07. The molecule has 200 valence electrons. The van der Waals surface area contributed by atoms with Crippen LogP contribution < -0.4 is 10.5 Å². The molecule has 3 fully saturated rings. The Bertz CT molecular complexity index is 1530. The van der Waals surface area contributed by atoms with Crippen molar-refractivity contribution in [3.63, 3.8) is 0 Å². The Labute approximate surface area is 221 Å². The predicted molar refractivity (Wildman–Crippen MR) is 145 cm³/mol. The molecule has 0 radical (unpaired) electrons. The van der Waals surface area contributed by atoms with Crippen LogP contribution in [0.4, 0.5) is 10.7 Å². The second-order valence-corrected chi connectivity index (χ2v) is 12.7. The molecule has 10 nitrogen and oxygen atoms in total. The summed E-state index contributed by atoms with van der Waals surface area (Å²) in [5, 5.41) is 0.560. The number of H-pyrrole nitrogens is 1. The molecule has 1 unspecified atom stereocenters. The van der Waals surface area contributed by atoms with Crippen molar-refractivity contribution in [1.82, 2.24) is 24.1 Å². The molecule has 38 heavy (non-hydrogen) atoms. The van der Waals surface area contributed by atoms with E-state index in [1.165, 1.54) is 0 Å². The first-order chi connectivity index (χ1) is 18.2. The number of piperazine rings is 1. The van der Waals surface area contributed by atoms with Gasteiger partial charge in [0.15, 0.2) is 0 Å². The van der Waals surface area contributed by atoms with Gasteiger partial charge in [-0.2, -0.15) is 4.31 Å². The number of benzene rings is 2. The second kappa shape index (κ2) is 9.39. The highest BCUT2D eigenvalue weighted by molar-refractivity contribution is 7.89. The molecular formula is C27H32N6O4S. The maximum absolute atomic E-state index is 13.4. The second-order valence-electron chi connectivity index (χ2n) is 10.7. The lowest BCUT2D eigenvalue weighted by Crippen LogP contribution is -2.53. The summed E-state index contributed by atoms with van der Waals surface area (Å²) in [4.78, 5) is 39.4. The Kier molecular flexibility index (Phi) is 6.14. The number of hydrogen-bond acceptors (Lipinski definition) is 6. The zero-order chi connectivity index (χ0) is 26.5. The van der Waals surface area contributed by atoms with Gasteiger partial charge >= 0.3 is 6.03 Å². The van der Waals surface area contributed by atoms with Crippen molar-refractivity contribution in [2.75, 3.05) is 57.3 Å².